The Morgan fingerprint density at radius 2 is 2.00 bits per heavy atom. The first-order valence-corrected chi connectivity index (χ1v) is 7.00. The molecule has 0 aliphatic rings. The number of anilines is 2. The molecule has 5 heteroatoms. The summed E-state index contributed by atoms with van der Waals surface area (Å²) in [6.45, 7) is 0.704. The van der Waals surface area contributed by atoms with Gasteiger partial charge >= 0.3 is 0 Å². The van der Waals surface area contributed by atoms with Gasteiger partial charge in [0.2, 0.25) is 0 Å². The van der Waals surface area contributed by atoms with E-state index < -0.39 is 0 Å². The molecule has 0 radical (unpaired) electrons. The predicted octanol–water partition coefficient (Wildman–Crippen LogP) is 3.59. The molecule has 0 amide bonds. The summed E-state index contributed by atoms with van der Waals surface area (Å²) in [6.07, 6.45) is 1.55. The van der Waals surface area contributed by atoms with E-state index in [-0.39, 0.29) is 0 Å². The summed E-state index contributed by atoms with van der Waals surface area (Å²) in [5.74, 6) is 0.815. The van der Waals surface area contributed by atoms with Crippen molar-refractivity contribution in [1.82, 2.24) is 9.97 Å². The molecule has 0 fully saturated rings. The predicted molar refractivity (Wildman–Crippen MR) is 85.4 cm³/mol. The summed E-state index contributed by atoms with van der Waals surface area (Å²) in [7, 11) is 0. The van der Waals surface area contributed by atoms with Crippen molar-refractivity contribution >= 4 is 38.3 Å². The summed E-state index contributed by atoms with van der Waals surface area (Å²) in [5.41, 5.74) is 8.50. The van der Waals surface area contributed by atoms with Gasteiger partial charge in [-0.25, -0.2) is 9.97 Å². The smallest absolute Gasteiger partial charge is 0.137 e. The van der Waals surface area contributed by atoms with E-state index in [4.69, 9.17) is 5.73 Å². The largest absolute Gasteiger partial charge is 0.399 e. The molecule has 3 rings (SSSR count). The molecule has 1 heterocycles. The van der Waals surface area contributed by atoms with Crippen LogP contribution in [-0.2, 0) is 6.54 Å². The normalized spacial score (nSPS) is 10.7. The monoisotopic (exact) mass is 328 g/mol. The zero-order valence-electron chi connectivity index (χ0n) is 10.7. The van der Waals surface area contributed by atoms with E-state index in [1.54, 1.807) is 6.33 Å². The summed E-state index contributed by atoms with van der Waals surface area (Å²) >= 11 is 3.47. The number of halogens is 1. The topological polar surface area (TPSA) is 63.8 Å². The molecule has 0 spiro atoms. The van der Waals surface area contributed by atoms with Gasteiger partial charge in [0, 0.05) is 22.1 Å². The van der Waals surface area contributed by atoms with Gasteiger partial charge in [-0.1, -0.05) is 28.1 Å². The fraction of sp³-hybridized carbons (Fsp3) is 0.0667. The number of aromatic nitrogens is 2. The number of hydrogen-bond donors (Lipinski definition) is 2. The lowest BCUT2D eigenvalue weighted by Gasteiger charge is -2.09. The molecule has 4 nitrogen and oxygen atoms in total. The zero-order chi connectivity index (χ0) is 13.9. The summed E-state index contributed by atoms with van der Waals surface area (Å²) in [5, 5.41) is 4.31. The first-order valence-electron chi connectivity index (χ1n) is 6.21. The fourth-order valence-electron chi connectivity index (χ4n) is 2.05. The van der Waals surface area contributed by atoms with E-state index in [1.807, 2.05) is 30.3 Å². The molecule has 100 valence electrons. The van der Waals surface area contributed by atoms with Crippen LogP contribution < -0.4 is 11.1 Å². The minimum atomic E-state index is 0.703. The molecule has 0 aliphatic carbocycles. The van der Waals surface area contributed by atoms with Crippen molar-refractivity contribution < 1.29 is 0 Å². The molecule has 2 aromatic carbocycles. The van der Waals surface area contributed by atoms with Crippen LogP contribution in [0.5, 0.6) is 0 Å². The number of nitrogens with one attached hydrogen (secondary N) is 1. The third kappa shape index (κ3) is 2.72. The van der Waals surface area contributed by atoms with Crippen molar-refractivity contribution in [2.24, 2.45) is 0 Å². The van der Waals surface area contributed by atoms with E-state index in [1.165, 1.54) is 5.56 Å². The van der Waals surface area contributed by atoms with Crippen molar-refractivity contribution in [2.75, 3.05) is 11.1 Å². The second-order valence-electron chi connectivity index (χ2n) is 4.48. The highest BCUT2D eigenvalue weighted by atomic mass is 79.9. The van der Waals surface area contributed by atoms with E-state index in [2.05, 4.69) is 43.3 Å². The highest BCUT2D eigenvalue weighted by molar-refractivity contribution is 9.10. The van der Waals surface area contributed by atoms with Crippen LogP contribution in [0.15, 0.2) is 53.3 Å². The lowest BCUT2D eigenvalue weighted by molar-refractivity contribution is 1.10. The van der Waals surface area contributed by atoms with Crippen molar-refractivity contribution in [3.63, 3.8) is 0 Å². The zero-order valence-corrected chi connectivity index (χ0v) is 12.3. The molecule has 0 unspecified atom stereocenters. The van der Waals surface area contributed by atoms with Gasteiger partial charge < -0.3 is 11.1 Å². The van der Waals surface area contributed by atoms with E-state index in [0.29, 0.717) is 12.2 Å². The summed E-state index contributed by atoms with van der Waals surface area (Å²) < 4.78 is 1.07. The fourth-order valence-corrected chi connectivity index (χ4v) is 2.49. The maximum Gasteiger partial charge on any atom is 0.137 e. The third-order valence-corrected chi connectivity index (χ3v) is 3.50. The van der Waals surface area contributed by atoms with Crippen LogP contribution in [-0.4, -0.2) is 9.97 Å². The van der Waals surface area contributed by atoms with Gasteiger partial charge in [0.05, 0.1) is 5.52 Å². The number of rotatable bonds is 3. The second-order valence-corrected chi connectivity index (χ2v) is 5.40. The molecule has 1 aromatic heterocycles. The molecule has 0 saturated carbocycles. The summed E-state index contributed by atoms with van der Waals surface area (Å²) in [6, 6.07) is 13.8. The quantitative estimate of drug-likeness (QED) is 0.721. The van der Waals surface area contributed by atoms with Crippen molar-refractivity contribution in [1.29, 1.82) is 0 Å². The Labute approximate surface area is 125 Å². The van der Waals surface area contributed by atoms with Crippen molar-refractivity contribution in [3.8, 4) is 0 Å². The van der Waals surface area contributed by atoms with Crippen LogP contribution in [0.2, 0.25) is 0 Å². The maximum absolute atomic E-state index is 5.77. The van der Waals surface area contributed by atoms with Gasteiger partial charge in [-0.15, -0.1) is 0 Å². The molecule has 20 heavy (non-hydrogen) atoms. The van der Waals surface area contributed by atoms with Crippen LogP contribution in [0, 0.1) is 0 Å². The van der Waals surface area contributed by atoms with Crippen LogP contribution in [0.3, 0.4) is 0 Å². The lowest BCUT2D eigenvalue weighted by Crippen LogP contribution is -2.02. The average molecular weight is 329 g/mol. The molecule has 3 aromatic rings. The minimum Gasteiger partial charge on any atom is -0.399 e. The Kier molecular flexibility index (Phi) is 3.52. The Morgan fingerprint density at radius 3 is 2.85 bits per heavy atom. The Balaban J connectivity index is 1.87. The average Bonchev–Trinajstić information content (AvgIpc) is 2.44. The molecular weight excluding hydrogens is 316 g/mol. The number of nitrogens with two attached hydrogens (primary N) is 1. The second kappa shape index (κ2) is 5.46. The first kappa shape index (κ1) is 12.9. The SMILES string of the molecule is Nc1ccc2c(NCc3cccc(Br)c3)ncnc2c1. The van der Waals surface area contributed by atoms with Crippen LogP contribution >= 0.6 is 15.9 Å². The highest BCUT2D eigenvalue weighted by Crippen LogP contribution is 2.22. The Bertz CT molecular complexity index is 758. The Hall–Kier alpha value is -2.14. The van der Waals surface area contributed by atoms with Gasteiger partial charge in [-0.3, -0.25) is 0 Å². The van der Waals surface area contributed by atoms with Gasteiger partial charge in [0.15, 0.2) is 0 Å². The summed E-state index contributed by atoms with van der Waals surface area (Å²) in [4.78, 5) is 8.53. The van der Waals surface area contributed by atoms with Gasteiger partial charge in [-0.2, -0.15) is 0 Å². The molecule has 3 N–H and O–H groups in total. The van der Waals surface area contributed by atoms with Gasteiger partial charge in [-0.05, 0) is 35.9 Å². The Morgan fingerprint density at radius 1 is 1.10 bits per heavy atom. The van der Waals surface area contributed by atoms with Gasteiger partial charge in [0.25, 0.3) is 0 Å². The van der Waals surface area contributed by atoms with E-state index in [0.717, 1.165) is 21.2 Å². The van der Waals surface area contributed by atoms with E-state index in [9.17, 15) is 0 Å². The molecule has 0 saturated heterocycles. The number of nitrogen functional groups attached to an aromatic ring is 1. The van der Waals surface area contributed by atoms with Crippen molar-refractivity contribution in [2.45, 2.75) is 6.54 Å². The van der Waals surface area contributed by atoms with Crippen LogP contribution in [0.4, 0.5) is 11.5 Å². The molecule has 0 aliphatic heterocycles. The molecule has 0 bridgehead atoms. The lowest BCUT2D eigenvalue weighted by atomic mass is 10.2. The van der Waals surface area contributed by atoms with Crippen LogP contribution in [0.1, 0.15) is 5.56 Å². The van der Waals surface area contributed by atoms with Gasteiger partial charge in [0.1, 0.15) is 12.1 Å². The number of nitrogens with zero attached hydrogens (tertiary/aromatic N) is 2. The molecular formula is C15H13BrN4. The first-order chi connectivity index (χ1) is 9.72. The van der Waals surface area contributed by atoms with E-state index >= 15 is 0 Å². The standard InChI is InChI=1S/C15H13BrN4/c16-11-3-1-2-10(6-11)8-18-15-13-5-4-12(17)7-14(13)19-9-20-15/h1-7,9H,8,17H2,(H,18,19,20). The number of fused-ring (bicyclic) bond motifs is 1. The maximum atomic E-state index is 5.77. The number of benzene rings is 2. The third-order valence-electron chi connectivity index (χ3n) is 3.01. The van der Waals surface area contributed by atoms with Crippen molar-refractivity contribution in [3.05, 3.63) is 58.8 Å². The number of hydrogen-bond acceptors (Lipinski definition) is 4. The molecule has 0 atom stereocenters. The highest BCUT2D eigenvalue weighted by Gasteiger charge is 2.03. The van der Waals surface area contributed by atoms with Crippen LogP contribution in [0.25, 0.3) is 10.9 Å². The minimum absolute atomic E-state index is 0.703.